The molecule has 1 N–H and O–H groups in total. The van der Waals surface area contributed by atoms with Crippen molar-refractivity contribution >= 4 is 40.1 Å². The summed E-state index contributed by atoms with van der Waals surface area (Å²) in [7, 11) is 0. The lowest BCUT2D eigenvalue weighted by molar-refractivity contribution is -0.118. The Kier molecular flexibility index (Phi) is 5.56. The fraction of sp³-hybridized carbons (Fsp3) is 0.429. The first-order chi connectivity index (χ1) is 13.6. The van der Waals surface area contributed by atoms with Crippen LogP contribution in [0.25, 0.3) is 0 Å². The minimum Gasteiger partial charge on any atom is -0.353 e. The Hall–Kier alpha value is -2.10. The van der Waals surface area contributed by atoms with Crippen LogP contribution >= 0.6 is 23.4 Å². The average molecular weight is 414 g/mol. The van der Waals surface area contributed by atoms with E-state index in [0.29, 0.717) is 28.1 Å². The summed E-state index contributed by atoms with van der Waals surface area (Å²) >= 11 is 7.34. The molecule has 5 nitrogen and oxygen atoms in total. The first-order valence-electron chi connectivity index (χ1n) is 9.49. The molecule has 1 aliphatic heterocycles. The number of allylic oxidation sites excluding steroid dienone is 2. The van der Waals surface area contributed by atoms with Crippen molar-refractivity contribution < 1.29 is 9.59 Å². The third kappa shape index (κ3) is 4.01. The van der Waals surface area contributed by atoms with E-state index in [0.717, 1.165) is 36.9 Å². The number of rotatable bonds is 4. The van der Waals surface area contributed by atoms with Crippen molar-refractivity contribution in [2.45, 2.75) is 44.1 Å². The van der Waals surface area contributed by atoms with Gasteiger partial charge in [-0.15, -0.1) is 0 Å². The van der Waals surface area contributed by atoms with Crippen molar-refractivity contribution in [1.82, 2.24) is 5.32 Å². The number of nitrogens with zero attached hydrogens (tertiary/aromatic N) is 2. The fourth-order valence-electron chi connectivity index (χ4n) is 3.75. The number of hydrogen-bond donors (Lipinski definition) is 1. The summed E-state index contributed by atoms with van der Waals surface area (Å²) < 4.78 is 0. The van der Waals surface area contributed by atoms with E-state index in [2.05, 4.69) is 16.4 Å². The standard InChI is InChI=1S/C21H20ClN3O2S/c22-13-6-4-12(5-7-13)19-15(10-23)21(28-11-18(27)24-14-8-9-14)25-16-2-1-3-17(26)20(16)19/h4-7,14-15,19H,1-3,8-9,11H2,(H,24,27)/t15?,19-/m0/s1. The molecule has 2 aliphatic carbocycles. The van der Waals surface area contributed by atoms with Crippen LogP contribution in [0.15, 0.2) is 40.5 Å². The number of nitrogens with one attached hydrogen (secondary N) is 1. The van der Waals surface area contributed by atoms with Gasteiger partial charge in [-0.1, -0.05) is 35.5 Å². The van der Waals surface area contributed by atoms with E-state index in [1.54, 1.807) is 12.1 Å². The average Bonchev–Trinajstić information content (AvgIpc) is 3.50. The summed E-state index contributed by atoms with van der Waals surface area (Å²) in [6.07, 6.45) is 4.06. The lowest BCUT2D eigenvalue weighted by Crippen LogP contribution is -2.32. The molecule has 7 heteroatoms. The van der Waals surface area contributed by atoms with E-state index < -0.39 is 5.92 Å². The van der Waals surface area contributed by atoms with Crippen molar-refractivity contribution in [3.63, 3.8) is 0 Å². The summed E-state index contributed by atoms with van der Waals surface area (Å²) in [5, 5.41) is 14.1. The second kappa shape index (κ2) is 8.10. The van der Waals surface area contributed by atoms with Gasteiger partial charge >= 0.3 is 0 Å². The van der Waals surface area contributed by atoms with E-state index in [4.69, 9.17) is 11.6 Å². The first-order valence-corrected chi connectivity index (χ1v) is 10.8. The maximum absolute atomic E-state index is 12.7. The lowest BCUT2D eigenvalue weighted by atomic mass is 9.74. The lowest BCUT2D eigenvalue weighted by Gasteiger charge is -2.33. The van der Waals surface area contributed by atoms with Crippen LogP contribution in [0.1, 0.15) is 43.6 Å². The van der Waals surface area contributed by atoms with Crippen LogP contribution in [0.4, 0.5) is 0 Å². The Bertz CT molecular complexity index is 913. The smallest absolute Gasteiger partial charge is 0.230 e. The van der Waals surface area contributed by atoms with Crippen molar-refractivity contribution in [2.75, 3.05) is 5.75 Å². The van der Waals surface area contributed by atoms with E-state index in [9.17, 15) is 14.9 Å². The maximum atomic E-state index is 12.7. The number of halogens is 1. The van der Waals surface area contributed by atoms with Gasteiger partial charge in [-0.05, 0) is 43.4 Å². The molecule has 1 saturated carbocycles. The van der Waals surface area contributed by atoms with Gasteiger partial charge in [0.05, 0.1) is 16.9 Å². The largest absolute Gasteiger partial charge is 0.353 e. The van der Waals surface area contributed by atoms with E-state index in [-0.39, 0.29) is 23.4 Å². The molecule has 144 valence electrons. The molecule has 3 aliphatic rings. The van der Waals surface area contributed by atoms with E-state index in [1.165, 1.54) is 11.8 Å². The SMILES string of the molecule is N#CC1C(SCC(=O)NC2CC2)=NC2=C(C(=O)CCC2)[C@H]1c1ccc(Cl)cc1. The van der Waals surface area contributed by atoms with Gasteiger partial charge in [-0.3, -0.25) is 9.59 Å². The first kappa shape index (κ1) is 19.2. The summed E-state index contributed by atoms with van der Waals surface area (Å²) in [5.74, 6) is -0.676. The molecule has 4 rings (SSSR count). The number of nitriles is 1. The van der Waals surface area contributed by atoms with Crippen molar-refractivity contribution in [3.05, 3.63) is 46.1 Å². The van der Waals surface area contributed by atoms with Crippen molar-refractivity contribution in [1.29, 1.82) is 5.26 Å². The number of thioether (sulfide) groups is 1. The Labute approximate surface area is 173 Å². The molecule has 0 aromatic heterocycles. The Balaban J connectivity index is 1.66. The molecule has 1 unspecified atom stereocenters. The predicted octanol–water partition coefficient (Wildman–Crippen LogP) is 3.99. The van der Waals surface area contributed by atoms with Gasteiger partial charge in [-0.25, -0.2) is 4.99 Å². The van der Waals surface area contributed by atoms with E-state index >= 15 is 0 Å². The van der Waals surface area contributed by atoms with Crippen LogP contribution in [0.5, 0.6) is 0 Å². The Morgan fingerprint density at radius 3 is 2.71 bits per heavy atom. The van der Waals surface area contributed by atoms with Gasteiger partial charge in [-0.2, -0.15) is 5.26 Å². The number of hydrogen-bond acceptors (Lipinski definition) is 5. The summed E-state index contributed by atoms with van der Waals surface area (Å²) in [6, 6.07) is 9.95. The molecule has 1 amide bonds. The molecule has 1 heterocycles. The van der Waals surface area contributed by atoms with Gasteiger partial charge < -0.3 is 5.32 Å². The van der Waals surface area contributed by atoms with Crippen LogP contribution in [-0.4, -0.2) is 28.5 Å². The second-order valence-corrected chi connectivity index (χ2v) is 8.79. The summed E-state index contributed by atoms with van der Waals surface area (Å²) in [5.41, 5.74) is 2.31. The highest BCUT2D eigenvalue weighted by Gasteiger charge is 2.40. The number of benzene rings is 1. The molecule has 1 aromatic rings. The molecular weight excluding hydrogens is 394 g/mol. The molecule has 28 heavy (non-hydrogen) atoms. The number of amides is 1. The quantitative estimate of drug-likeness (QED) is 0.808. The molecule has 0 bridgehead atoms. The third-order valence-electron chi connectivity index (χ3n) is 5.25. The number of Topliss-reactive ketones (excluding diaryl/α,β-unsaturated/α-hetero) is 1. The summed E-state index contributed by atoms with van der Waals surface area (Å²) in [6.45, 7) is 0. The number of aliphatic imine (C=N–C) groups is 1. The van der Waals surface area contributed by atoms with Crippen LogP contribution in [0.2, 0.25) is 5.02 Å². The minimum absolute atomic E-state index is 0.0329. The normalized spacial score (nSPS) is 24.3. The molecule has 1 fully saturated rings. The van der Waals surface area contributed by atoms with Crippen LogP contribution in [0.3, 0.4) is 0 Å². The number of carbonyl (C=O) groups is 2. The molecule has 0 saturated heterocycles. The molecule has 0 spiro atoms. The van der Waals surface area contributed by atoms with Gasteiger partial charge in [0, 0.05) is 34.7 Å². The Morgan fingerprint density at radius 2 is 2.04 bits per heavy atom. The monoisotopic (exact) mass is 413 g/mol. The molecule has 0 radical (unpaired) electrons. The molecule has 2 atom stereocenters. The van der Waals surface area contributed by atoms with Crippen molar-refractivity contribution in [3.8, 4) is 6.07 Å². The minimum atomic E-state index is -0.583. The third-order valence-corrected chi connectivity index (χ3v) is 6.55. The molecule has 1 aromatic carbocycles. The van der Waals surface area contributed by atoms with Gasteiger partial charge in [0.2, 0.25) is 5.91 Å². The zero-order valence-electron chi connectivity index (χ0n) is 15.3. The van der Waals surface area contributed by atoms with Crippen LogP contribution in [-0.2, 0) is 9.59 Å². The molecular formula is C21H20ClN3O2S. The fourth-order valence-corrected chi connectivity index (χ4v) is 4.78. The highest BCUT2D eigenvalue weighted by Crippen LogP contribution is 2.44. The van der Waals surface area contributed by atoms with Crippen molar-refractivity contribution in [2.24, 2.45) is 10.9 Å². The van der Waals surface area contributed by atoms with Crippen LogP contribution in [0, 0.1) is 17.2 Å². The number of carbonyl (C=O) groups excluding carboxylic acids is 2. The zero-order valence-corrected chi connectivity index (χ0v) is 16.9. The van der Waals surface area contributed by atoms with E-state index in [1.807, 2.05) is 12.1 Å². The summed E-state index contributed by atoms with van der Waals surface area (Å²) in [4.78, 5) is 29.5. The van der Waals surface area contributed by atoms with Gasteiger partial charge in [0.1, 0.15) is 5.92 Å². The maximum Gasteiger partial charge on any atom is 0.230 e. The Morgan fingerprint density at radius 1 is 1.29 bits per heavy atom. The zero-order chi connectivity index (χ0) is 19.7. The highest BCUT2D eigenvalue weighted by atomic mass is 35.5. The highest BCUT2D eigenvalue weighted by molar-refractivity contribution is 8.14. The van der Waals surface area contributed by atoms with Crippen LogP contribution < -0.4 is 5.32 Å². The second-order valence-electron chi connectivity index (χ2n) is 7.35. The van der Waals surface area contributed by atoms with Gasteiger partial charge in [0.15, 0.2) is 5.78 Å². The predicted molar refractivity (Wildman–Crippen MR) is 110 cm³/mol. The van der Waals surface area contributed by atoms with Gasteiger partial charge in [0.25, 0.3) is 0 Å². The number of ketones is 1. The topological polar surface area (TPSA) is 82.3 Å².